The monoisotopic (exact) mass is 193 g/mol. The van der Waals surface area contributed by atoms with Gasteiger partial charge in [0.25, 0.3) is 6.43 Å². The van der Waals surface area contributed by atoms with Crippen molar-refractivity contribution in [3.63, 3.8) is 0 Å². The average Bonchev–Trinajstić information content (AvgIpc) is 1.78. The number of hydrogen-bond acceptors (Lipinski definition) is 2. The van der Waals surface area contributed by atoms with Gasteiger partial charge in [0.15, 0.2) is 0 Å². The summed E-state index contributed by atoms with van der Waals surface area (Å²) in [6.45, 7) is 7.08. The lowest BCUT2D eigenvalue weighted by molar-refractivity contribution is -0.131. The second-order valence-electron chi connectivity index (χ2n) is 4.46. The lowest BCUT2D eigenvalue weighted by Gasteiger charge is -2.41. The number of hydrogen-bond donors (Lipinski definition) is 0. The zero-order chi connectivity index (χ0) is 10.1. The second kappa shape index (κ2) is 3.88. The molecule has 1 aliphatic rings. The zero-order valence-electron chi connectivity index (χ0n) is 8.39. The number of halogens is 2. The van der Waals surface area contributed by atoms with E-state index in [9.17, 15) is 8.78 Å². The van der Waals surface area contributed by atoms with Crippen LogP contribution in [-0.2, 0) is 4.74 Å². The van der Waals surface area contributed by atoms with Crippen LogP contribution in [0.1, 0.15) is 20.8 Å². The molecule has 1 rings (SSSR count). The van der Waals surface area contributed by atoms with Crippen LogP contribution in [0.2, 0.25) is 0 Å². The molecule has 0 radical (unpaired) electrons. The molecule has 0 unspecified atom stereocenters. The quantitative estimate of drug-likeness (QED) is 0.677. The van der Waals surface area contributed by atoms with Gasteiger partial charge < -0.3 is 4.74 Å². The Morgan fingerprint density at radius 2 is 1.92 bits per heavy atom. The molecule has 0 aromatic heterocycles. The zero-order valence-corrected chi connectivity index (χ0v) is 8.39. The molecule has 1 aliphatic heterocycles. The van der Waals surface area contributed by atoms with Crippen molar-refractivity contribution in [2.45, 2.75) is 38.9 Å². The maximum atomic E-state index is 11.9. The number of likely N-dealkylation sites (tertiary alicyclic amines) is 1. The van der Waals surface area contributed by atoms with E-state index in [4.69, 9.17) is 4.74 Å². The first-order chi connectivity index (χ1) is 5.87. The highest BCUT2D eigenvalue weighted by atomic mass is 19.3. The summed E-state index contributed by atoms with van der Waals surface area (Å²) >= 11 is 0. The van der Waals surface area contributed by atoms with Crippen molar-refractivity contribution >= 4 is 0 Å². The minimum absolute atomic E-state index is 0.121. The van der Waals surface area contributed by atoms with E-state index in [1.165, 1.54) is 0 Å². The Morgan fingerprint density at radius 3 is 2.31 bits per heavy atom. The van der Waals surface area contributed by atoms with Crippen LogP contribution in [0, 0.1) is 0 Å². The summed E-state index contributed by atoms with van der Waals surface area (Å²) in [7, 11) is 0. The van der Waals surface area contributed by atoms with E-state index in [0.717, 1.165) is 0 Å². The third kappa shape index (κ3) is 4.00. The highest BCUT2D eigenvalue weighted by Crippen LogP contribution is 2.19. The molecule has 0 aromatic carbocycles. The van der Waals surface area contributed by atoms with Crippen LogP contribution in [0.25, 0.3) is 0 Å². The van der Waals surface area contributed by atoms with Gasteiger partial charge in [-0.05, 0) is 20.8 Å². The van der Waals surface area contributed by atoms with E-state index in [1.807, 2.05) is 20.8 Å². The first-order valence-electron chi connectivity index (χ1n) is 4.55. The smallest absolute Gasteiger partial charge is 0.251 e. The minimum atomic E-state index is -2.23. The molecule has 4 heteroatoms. The molecule has 0 atom stereocenters. The molecular formula is C9H17F2NO. The molecule has 0 spiro atoms. The van der Waals surface area contributed by atoms with E-state index in [2.05, 4.69) is 0 Å². The number of nitrogens with zero attached hydrogens (tertiary/aromatic N) is 1. The van der Waals surface area contributed by atoms with Crippen LogP contribution in [0.3, 0.4) is 0 Å². The van der Waals surface area contributed by atoms with Crippen molar-refractivity contribution < 1.29 is 13.5 Å². The van der Waals surface area contributed by atoms with Crippen molar-refractivity contribution in [3.8, 4) is 0 Å². The standard InChI is InChI=1S/C9H17F2NO/c1-9(2,3)13-7-4-12(5-7)6-8(10)11/h7-8H,4-6H2,1-3H3. The average molecular weight is 193 g/mol. The van der Waals surface area contributed by atoms with E-state index < -0.39 is 6.43 Å². The molecule has 0 aromatic rings. The van der Waals surface area contributed by atoms with Gasteiger partial charge in [-0.25, -0.2) is 8.78 Å². The summed E-state index contributed by atoms with van der Waals surface area (Å²) in [6, 6.07) is 0. The molecule has 1 fully saturated rings. The molecule has 78 valence electrons. The third-order valence-electron chi connectivity index (χ3n) is 1.84. The molecule has 0 bridgehead atoms. The van der Waals surface area contributed by atoms with Crippen LogP contribution < -0.4 is 0 Å². The fraction of sp³-hybridized carbons (Fsp3) is 1.00. The van der Waals surface area contributed by atoms with Crippen molar-refractivity contribution in [1.29, 1.82) is 0 Å². The summed E-state index contributed by atoms with van der Waals surface area (Å²) in [5.74, 6) is 0. The molecule has 0 aliphatic carbocycles. The second-order valence-corrected chi connectivity index (χ2v) is 4.46. The van der Waals surface area contributed by atoms with Gasteiger partial charge in [0.05, 0.1) is 18.2 Å². The molecule has 1 saturated heterocycles. The molecule has 0 N–H and O–H groups in total. The van der Waals surface area contributed by atoms with Crippen LogP contribution in [0.4, 0.5) is 8.78 Å². The Morgan fingerprint density at radius 1 is 1.38 bits per heavy atom. The highest BCUT2D eigenvalue weighted by molar-refractivity contribution is 4.83. The van der Waals surface area contributed by atoms with E-state index in [1.54, 1.807) is 4.90 Å². The van der Waals surface area contributed by atoms with Gasteiger partial charge in [-0.15, -0.1) is 0 Å². The largest absolute Gasteiger partial charge is 0.370 e. The van der Waals surface area contributed by atoms with Gasteiger partial charge in [0, 0.05) is 13.1 Å². The number of ether oxygens (including phenoxy) is 1. The Bertz CT molecular complexity index is 161. The van der Waals surface area contributed by atoms with E-state index in [-0.39, 0.29) is 18.2 Å². The lowest BCUT2D eigenvalue weighted by atomic mass is 10.1. The predicted octanol–water partition coefficient (Wildman–Crippen LogP) is 1.75. The van der Waals surface area contributed by atoms with Gasteiger partial charge in [-0.1, -0.05) is 0 Å². The summed E-state index contributed by atoms with van der Waals surface area (Å²) in [6.07, 6.45) is -2.09. The molecule has 1 heterocycles. The normalized spacial score (nSPS) is 20.8. The van der Waals surface area contributed by atoms with Gasteiger partial charge in [-0.3, -0.25) is 4.90 Å². The maximum absolute atomic E-state index is 11.9. The van der Waals surface area contributed by atoms with Crippen LogP contribution in [0.15, 0.2) is 0 Å². The molecule has 0 saturated carbocycles. The van der Waals surface area contributed by atoms with Crippen molar-refractivity contribution in [2.75, 3.05) is 19.6 Å². The van der Waals surface area contributed by atoms with Crippen molar-refractivity contribution in [3.05, 3.63) is 0 Å². The van der Waals surface area contributed by atoms with Gasteiger partial charge >= 0.3 is 0 Å². The fourth-order valence-corrected chi connectivity index (χ4v) is 1.44. The Balaban J connectivity index is 2.12. The van der Waals surface area contributed by atoms with Gasteiger partial charge in [0.2, 0.25) is 0 Å². The number of alkyl halides is 2. The topological polar surface area (TPSA) is 12.5 Å². The Labute approximate surface area is 77.9 Å². The lowest BCUT2D eigenvalue weighted by Crippen LogP contribution is -2.55. The molecule has 13 heavy (non-hydrogen) atoms. The molecular weight excluding hydrogens is 176 g/mol. The fourth-order valence-electron chi connectivity index (χ4n) is 1.44. The Kier molecular flexibility index (Phi) is 3.24. The first-order valence-corrected chi connectivity index (χ1v) is 4.55. The van der Waals surface area contributed by atoms with Gasteiger partial charge in [0.1, 0.15) is 0 Å². The highest BCUT2D eigenvalue weighted by Gasteiger charge is 2.32. The minimum Gasteiger partial charge on any atom is -0.370 e. The summed E-state index contributed by atoms with van der Waals surface area (Å²) in [4.78, 5) is 1.71. The first kappa shape index (κ1) is 10.9. The Hall–Kier alpha value is -0.220. The number of rotatable bonds is 3. The summed E-state index contributed by atoms with van der Waals surface area (Å²) in [5, 5.41) is 0. The maximum Gasteiger partial charge on any atom is 0.251 e. The van der Waals surface area contributed by atoms with E-state index in [0.29, 0.717) is 13.1 Å². The predicted molar refractivity (Wildman–Crippen MR) is 47.1 cm³/mol. The van der Waals surface area contributed by atoms with Crippen LogP contribution in [0.5, 0.6) is 0 Å². The van der Waals surface area contributed by atoms with Crippen LogP contribution >= 0.6 is 0 Å². The summed E-state index contributed by atoms with van der Waals surface area (Å²) < 4.78 is 29.4. The van der Waals surface area contributed by atoms with Crippen LogP contribution in [-0.4, -0.2) is 42.7 Å². The molecule has 0 amide bonds. The SMILES string of the molecule is CC(C)(C)OC1CN(CC(F)F)C1. The molecule has 2 nitrogen and oxygen atoms in total. The summed E-state index contributed by atoms with van der Waals surface area (Å²) in [5.41, 5.74) is -0.165. The van der Waals surface area contributed by atoms with Crippen molar-refractivity contribution in [2.24, 2.45) is 0 Å². The third-order valence-corrected chi connectivity index (χ3v) is 1.84. The van der Waals surface area contributed by atoms with E-state index >= 15 is 0 Å². The van der Waals surface area contributed by atoms with Gasteiger partial charge in [-0.2, -0.15) is 0 Å². The van der Waals surface area contributed by atoms with Crippen molar-refractivity contribution in [1.82, 2.24) is 4.90 Å².